The molecule has 2 heterocycles. The molecule has 0 bridgehead atoms. The second kappa shape index (κ2) is 15.1. The van der Waals surface area contributed by atoms with E-state index < -0.39 is 20.7 Å². The zero-order valence-electron chi connectivity index (χ0n) is 24.5. The maximum Gasteiger partial charge on any atom is 0.290 e. The average Bonchev–Trinajstić information content (AvgIpc) is 3.39. The minimum absolute atomic E-state index is 0.250. The van der Waals surface area contributed by atoms with Gasteiger partial charge in [-0.25, -0.2) is 22.8 Å². The van der Waals surface area contributed by atoms with Crippen molar-refractivity contribution in [3.8, 4) is 11.3 Å². The maximum absolute atomic E-state index is 14.0. The number of rotatable bonds is 12. The van der Waals surface area contributed by atoms with Crippen LogP contribution in [-0.2, 0) is 21.4 Å². The van der Waals surface area contributed by atoms with Crippen molar-refractivity contribution in [3.63, 3.8) is 0 Å². The molecule has 0 spiro atoms. The number of halogens is 1. The molecule has 44 heavy (non-hydrogen) atoms. The van der Waals surface area contributed by atoms with Crippen LogP contribution >= 0.6 is 0 Å². The van der Waals surface area contributed by atoms with Crippen LogP contribution < -0.4 is 10.0 Å². The van der Waals surface area contributed by atoms with Gasteiger partial charge in [0.25, 0.3) is 16.5 Å². The minimum atomic E-state index is -4.05. The van der Waals surface area contributed by atoms with Gasteiger partial charge < -0.3 is 19.9 Å². The van der Waals surface area contributed by atoms with Crippen LogP contribution in [0.3, 0.4) is 0 Å². The summed E-state index contributed by atoms with van der Waals surface area (Å²) < 4.78 is 43.9. The zero-order valence-corrected chi connectivity index (χ0v) is 25.3. The Morgan fingerprint density at radius 1 is 0.955 bits per heavy atom. The first-order valence-corrected chi connectivity index (χ1v) is 15.6. The van der Waals surface area contributed by atoms with E-state index in [4.69, 9.17) is 9.90 Å². The molecule has 2 aromatic heterocycles. The Hall–Kier alpha value is -4.81. The van der Waals surface area contributed by atoms with Crippen LogP contribution in [-0.4, -0.2) is 59.1 Å². The van der Waals surface area contributed by atoms with Crippen LogP contribution in [0.25, 0.3) is 22.2 Å². The number of para-hydroxylation sites is 1. The molecule has 10 nitrogen and oxygen atoms in total. The third-order valence-corrected chi connectivity index (χ3v) is 8.45. The highest BCUT2D eigenvalue weighted by atomic mass is 32.2. The molecule has 5 aromatic rings. The van der Waals surface area contributed by atoms with Gasteiger partial charge in [-0.1, -0.05) is 44.2 Å². The number of hydrogen-bond donors (Lipinski definition) is 3. The summed E-state index contributed by atoms with van der Waals surface area (Å²) in [6, 6.07) is 22.2. The number of carbonyl (C=O) groups is 1. The lowest BCUT2D eigenvalue weighted by atomic mass is 10.1. The fourth-order valence-corrected chi connectivity index (χ4v) is 5.99. The summed E-state index contributed by atoms with van der Waals surface area (Å²) in [5.74, 6) is -0.200. The first-order valence-electron chi connectivity index (χ1n) is 14.1. The first-order chi connectivity index (χ1) is 21.3. The van der Waals surface area contributed by atoms with E-state index in [1.807, 2.05) is 12.1 Å². The second-order valence-electron chi connectivity index (χ2n) is 9.77. The number of hydrogen-bond acceptors (Lipinski definition) is 7. The topological polar surface area (TPSA) is 129 Å². The summed E-state index contributed by atoms with van der Waals surface area (Å²) >= 11 is 0. The van der Waals surface area contributed by atoms with Gasteiger partial charge in [0.2, 0.25) is 0 Å². The van der Waals surface area contributed by atoms with Crippen LogP contribution in [0, 0.1) is 5.82 Å². The van der Waals surface area contributed by atoms with Gasteiger partial charge in [-0.2, -0.15) is 0 Å². The molecular weight excluding hydrogens is 583 g/mol. The van der Waals surface area contributed by atoms with Crippen molar-refractivity contribution in [1.29, 1.82) is 0 Å². The van der Waals surface area contributed by atoms with Gasteiger partial charge in [-0.05, 0) is 68.5 Å². The van der Waals surface area contributed by atoms with Crippen molar-refractivity contribution in [2.24, 2.45) is 0 Å². The summed E-state index contributed by atoms with van der Waals surface area (Å²) in [7, 11) is -4.05. The van der Waals surface area contributed by atoms with Crippen LogP contribution in [0.2, 0.25) is 0 Å². The third kappa shape index (κ3) is 7.97. The first kappa shape index (κ1) is 32.1. The minimum Gasteiger partial charge on any atom is -0.483 e. The Balaban J connectivity index is 0.00000141. The third-order valence-electron chi connectivity index (χ3n) is 7.04. The number of carboxylic acid groups (broad SMARTS) is 1. The number of sulfonamides is 1. The number of anilines is 3. The van der Waals surface area contributed by atoms with Crippen LogP contribution in [0.15, 0.2) is 96.3 Å². The van der Waals surface area contributed by atoms with Gasteiger partial charge >= 0.3 is 0 Å². The normalized spacial score (nSPS) is 11.2. The van der Waals surface area contributed by atoms with E-state index in [0.717, 1.165) is 55.3 Å². The van der Waals surface area contributed by atoms with E-state index in [1.54, 1.807) is 24.3 Å². The van der Waals surface area contributed by atoms with Crippen molar-refractivity contribution in [1.82, 2.24) is 19.4 Å². The summed E-state index contributed by atoms with van der Waals surface area (Å²) in [6.45, 7) is 8.21. The number of benzene rings is 3. The Labute approximate surface area is 256 Å². The highest BCUT2D eigenvalue weighted by Gasteiger charge is 2.18. The van der Waals surface area contributed by atoms with Crippen molar-refractivity contribution in [2.45, 2.75) is 31.7 Å². The molecule has 0 aliphatic rings. The number of aryl methyl sites for hydroxylation is 1. The van der Waals surface area contributed by atoms with Gasteiger partial charge in [0.1, 0.15) is 22.9 Å². The number of nitrogens with one attached hydrogen (secondary N) is 2. The van der Waals surface area contributed by atoms with Crippen LogP contribution in [0.4, 0.5) is 21.6 Å². The lowest BCUT2D eigenvalue weighted by Gasteiger charge is -2.17. The molecule has 0 fully saturated rings. The fourth-order valence-electron chi connectivity index (χ4n) is 4.86. The molecule has 230 valence electrons. The van der Waals surface area contributed by atoms with Crippen molar-refractivity contribution in [3.05, 3.63) is 97.2 Å². The van der Waals surface area contributed by atoms with E-state index in [2.05, 4.69) is 67.7 Å². The summed E-state index contributed by atoms with van der Waals surface area (Å²) in [4.78, 5) is 19.3. The highest BCUT2D eigenvalue weighted by Crippen LogP contribution is 2.31. The summed E-state index contributed by atoms with van der Waals surface area (Å²) in [5.41, 5.74) is 4.03. The van der Waals surface area contributed by atoms with Gasteiger partial charge in [0.05, 0.1) is 5.69 Å². The molecule has 0 radical (unpaired) electrons. The molecule has 0 saturated heterocycles. The van der Waals surface area contributed by atoms with Gasteiger partial charge in [-0.15, -0.1) is 0 Å². The highest BCUT2D eigenvalue weighted by molar-refractivity contribution is 7.92. The molecule has 0 atom stereocenters. The van der Waals surface area contributed by atoms with Crippen molar-refractivity contribution < 1.29 is 22.7 Å². The van der Waals surface area contributed by atoms with Gasteiger partial charge in [0, 0.05) is 46.6 Å². The molecule has 12 heteroatoms. The van der Waals surface area contributed by atoms with Gasteiger partial charge in [0.15, 0.2) is 0 Å². The van der Waals surface area contributed by atoms with Crippen LogP contribution in [0.1, 0.15) is 20.3 Å². The molecule has 0 unspecified atom stereocenters. The van der Waals surface area contributed by atoms with Gasteiger partial charge in [-0.3, -0.25) is 9.52 Å². The standard InChI is InChI=1S/C31H33FN6O2S.CH2O2/c1-3-37(4-2)18-9-19-38-21-26(25-10-5-7-12-29(25)38)28-20-31(34-22-33-28)35-23-14-16-24(17-15-23)36-41(39,40)30-13-8-6-11-27(30)32;2-1-3/h5-8,10-17,20-22,36H,3-4,9,18-19H2,1-2H3,(H,33,34,35);1H,(H,2,3). The van der Waals surface area contributed by atoms with Crippen molar-refractivity contribution in [2.75, 3.05) is 29.7 Å². The molecule has 0 aliphatic carbocycles. The Kier molecular flexibility index (Phi) is 11.0. The molecular formula is C32H35FN6O4S. The van der Waals surface area contributed by atoms with E-state index >= 15 is 0 Å². The molecule has 0 aliphatic heterocycles. The molecule has 3 aromatic carbocycles. The zero-order chi connectivity index (χ0) is 31.5. The van der Waals surface area contributed by atoms with Crippen LogP contribution in [0.5, 0.6) is 0 Å². The Morgan fingerprint density at radius 3 is 2.32 bits per heavy atom. The monoisotopic (exact) mass is 618 g/mol. The number of nitrogens with zero attached hydrogens (tertiary/aromatic N) is 4. The molecule has 0 amide bonds. The SMILES string of the molecule is CCN(CC)CCCn1cc(-c2cc(Nc3ccc(NS(=O)(=O)c4ccccc4F)cc3)ncn2)c2ccccc21.O=CO. The smallest absolute Gasteiger partial charge is 0.290 e. The Bertz CT molecular complexity index is 1790. The van der Waals surface area contributed by atoms with E-state index in [0.29, 0.717) is 17.2 Å². The summed E-state index contributed by atoms with van der Waals surface area (Å²) in [5, 5.41) is 11.3. The number of fused-ring (bicyclic) bond motifs is 1. The lowest BCUT2D eigenvalue weighted by Crippen LogP contribution is -2.24. The van der Waals surface area contributed by atoms with E-state index in [9.17, 15) is 12.8 Å². The fraction of sp³-hybridized carbons (Fsp3) is 0.219. The van der Waals surface area contributed by atoms with E-state index in [-0.39, 0.29) is 6.47 Å². The predicted octanol–water partition coefficient (Wildman–Crippen LogP) is 6.21. The van der Waals surface area contributed by atoms with Crippen molar-refractivity contribution >= 4 is 44.6 Å². The second-order valence-corrected chi connectivity index (χ2v) is 11.4. The summed E-state index contributed by atoms with van der Waals surface area (Å²) in [6.07, 6.45) is 4.75. The molecule has 3 N–H and O–H groups in total. The molecule has 0 saturated carbocycles. The largest absolute Gasteiger partial charge is 0.483 e. The Morgan fingerprint density at radius 2 is 1.61 bits per heavy atom. The molecule has 5 rings (SSSR count). The quantitative estimate of drug-likeness (QED) is 0.141. The number of aromatic nitrogens is 3. The predicted molar refractivity (Wildman–Crippen MR) is 171 cm³/mol. The average molecular weight is 619 g/mol. The lowest BCUT2D eigenvalue weighted by molar-refractivity contribution is -0.122. The van der Waals surface area contributed by atoms with E-state index in [1.165, 1.54) is 30.0 Å². The maximum atomic E-state index is 14.0.